The quantitative estimate of drug-likeness (QED) is 0.889. The summed E-state index contributed by atoms with van der Waals surface area (Å²) >= 11 is 0. The number of aliphatic hydroxyl groups excluding tert-OH is 1. The second-order valence-electron chi connectivity index (χ2n) is 6.41. The zero-order valence-corrected chi connectivity index (χ0v) is 12.7. The molecular weight excluding hydrogens is 250 g/mol. The first-order chi connectivity index (χ1) is 9.46. The van der Waals surface area contributed by atoms with Gasteiger partial charge in [0.25, 0.3) is 0 Å². The first-order valence-corrected chi connectivity index (χ1v) is 7.66. The number of nitrogens with zero attached hydrogens (tertiary/aromatic N) is 1. The van der Waals surface area contributed by atoms with Crippen molar-refractivity contribution in [2.75, 3.05) is 19.6 Å². The van der Waals surface area contributed by atoms with E-state index in [0.29, 0.717) is 0 Å². The predicted molar refractivity (Wildman–Crippen MR) is 81.7 cm³/mol. The van der Waals surface area contributed by atoms with Crippen molar-refractivity contribution in [1.29, 1.82) is 0 Å². The number of aryl methyl sites for hydroxylation is 1. The summed E-state index contributed by atoms with van der Waals surface area (Å²) in [5, 5.41) is 20.3. The maximum atomic E-state index is 10.2. The minimum absolute atomic E-state index is 0.389. The summed E-state index contributed by atoms with van der Waals surface area (Å²) in [5.41, 5.74) is 1.71. The van der Waals surface area contributed by atoms with Crippen LogP contribution in [0.15, 0.2) is 24.3 Å². The Labute approximate surface area is 122 Å². The molecule has 0 radical (unpaired) electrons. The van der Waals surface area contributed by atoms with Crippen molar-refractivity contribution in [3.8, 4) is 0 Å². The molecule has 1 heterocycles. The molecule has 1 aliphatic heterocycles. The second-order valence-corrected chi connectivity index (χ2v) is 6.41. The summed E-state index contributed by atoms with van der Waals surface area (Å²) in [5.74, 6) is 0. The van der Waals surface area contributed by atoms with Crippen molar-refractivity contribution >= 4 is 0 Å². The topological polar surface area (TPSA) is 43.7 Å². The Kier molecular flexibility index (Phi) is 5.19. The van der Waals surface area contributed by atoms with Gasteiger partial charge in [-0.25, -0.2) is 0 Å². The van der Waals surface area contributed by atoms with Crippen molar-refractivity contribution in [2.24, 2.45) is 0 Å². The average molecular weight is 277 g/mol. The molecule has 2 atom stereocenters. The maximum Gasteiger partial charge on any atom is 0.0802 e. The van der Waals surface area contributed by atoms with Crippen LogP contribution >= 0.6 is 0 Å². The van der Waals surface area contributed by atoms with E-state index in [-0.39, 0.29) is 6.10 Å². The van der Waals surface area contributed by atoms with Gasteiger partial charge in [0.15, 0.2) is 0 Å². The number of likely N-dealkylation sites (tertiary alicyclic amines) is 1. The predicted octanol–water partition coefficient (Wildman–Crippen LogP) is 2.66. The molecule has 0 aliphatic carbocycles. The highest BCUT2D eigenvalue weighted by Gasteiger charge is 2.25. The van der Waals surface area contributed by atoms with E-state index in [1.807, 2.05) is 31.2 Å². The van der Waals surface area contributed by atoms with Crippen LogP contribution in [0.1, 0.15) is 49.8 Å². The van der Waals surface area contributed by atoms with Gasteiger partial charge < -0.3 is 15.1 Å². The lowest BCUT2D eigenvalue weighted by Crippen LogP contribution is -2.29. The van der Waals surface area contributed by atoms with Gasteiger partial charge in [-0.05, 0) is 51.6 Å². The second kappa shape index (κ2) is 6.70. The van der Waals surface area contributed by atoms with Crippen molar-refractivity contribution in [1.82, 2.24) is 4.90 Å². The van der Waals surface area contributed by atoms with Crippen LogP contribution in [0.3, 0.4) is 0 Å². The highest BCUT2D eigenvalue weighted by molar-refractivity contribution is 5.23. The van der Waals surface area contributed by atoms with Crippen molar-refractivity contribution in [3.05, 3.63) is 35.4 Å². The zero-order chi connectivity index (χ0) is 14.6. The van der Waals surface area contributed by atoms with Gasteiger partial charge in [0.05, 0.1) is 11.7 Å². The van der Waals surface area contributed by atoms with E-state index in [4.69, 9.17) is 0 Å². The Balaban J connectivity index is 1.81. The van der Waals surface area contributed by atoms with Gasteiger partial charge in [-0.3, -0.25) is 0 Å². The fourth-order valence-electron chi connectivity index (χ4n) is 2.80. The molecule has 0 spiro atoms. The molecule has 0 saturated carbocycles. The van der Waals surface area contributed by atoms with Crippen molar-refractivity contribution in [3.63, 3.8) is 0 Å². The molecule has 2 rings (SSSR count). The average Bonchev–Trinajstić information content (AvgIpc) is 2.58. The number of benzene rings is 1. The Morgan fingerprint density at radius 3 is 2.60 bits per heavy atom. The first-order valence-electron chi connectivity index (χ1n) is 7.66. The lowest BCUT2D eigenvalue weighted by molar-refractivity contribution is 0.0441. The fourth-order valence-corrected chi connectivity index (χ4v) is 2.80. The summed E-state index contributed by atoms with van der Waals surface area (Å²) < 4.78 is 0. The monoisotopic (exact) mass is 277 g/mol. The summed E-state index contributed by atoms with van der Waals surface area (Å²) in [6.07, 6.45) is 3.11. The third kappa shape index (κ3) is 4.58. The van der Waals surface area contributed by atoms with Gasteiger partial charge in [-0.2, -0.15) is 0 Å². The third-order valence-corrected chi connectivity index (χ3v) is 4.34. The molecule has 1 fully saturated rings. The first kappa shape index (κ1) is 15.5. The maximum absolute atomic E-state index is 10.2. The van der Waals surface area contributed by atoms with E-state index in [9.17, 15) is 10.2 Å². The van der Waals surface area contributed by atoms with Crippen LogP contribution < -0.4 is 0 Å². The van der Waals surface area contributed by atoms with Gasteiger partial charge in [0, 0.05) is 13.1 Å². The van der Waals surface area contributed by atoms with Gasteiger partial charge in [0.1, 0.15) is 0 Å². The Morgan fingerprint density at radius 2 is 1.90 bits per heavy atom. The number of rotatable bonds is 4. The number of aliphatic hydroxyl groups is 2. The lowest BCUT2D eigenvalue weighted by Gasteiger charge is -2.23. The molecule has 1 saturated heterocycles. The van der Waals surface area contributed by atoms with Crippen LogP contribution in [0.25, 0.3) is 0 Å². The van der Waals surface area contributed by atoms with E-state index < -0.39 is 5.60 Å². The Morgan fingerprint density at radius 1 is 1.20 bits per heavy atom. The zero-order valence-electron chi connectivity index (χ0n) is 12.7. The molecule has 0 amide bonds. The normalized spacial score (nSPS) is 26.2. The SMILES string of the molecule is Cc1ccc(C(O)CCN2CCCC(C)(O)CC2)cc1. The number of hydrogen-bond donors (Lipinski definition) is 2. The molecule has 3 heteroatoms. The van der Waals surface area contributed by atoms with Gasteiger partial charge in [0.2, 0.25) is 0 Å². The minimum atomic E-state index is -0.510. The number of hydrogen-bond acceptors (Lipinski definition) is 3. The van der Waals surface area contributed by atoms with Crippen molar-refractivity contribution < 1.29 is 10.2 Å². The molecule has 0 bridgehead atoms. The highest BCUT2D eigenvalue weighted by atomic mass is 16.3. The van der Waals surface area contributed by atoms with Crippen LogP contribution in [0.4, 0.5) is 0 Å². The summed E-state index contributed by atoms with van der Waals surface area (Å²) in [4.78, 5) is 2.36. The van der Waals surface area contributed by atoms with Crippen LogP contribution in [-0.4, -0.2) is 40.3 Å². The molecule has 2 N–H and O–H groups in total. The largest absolute Gasteiger partial charge is 0.390 e. The molecule has 20 heavy (non-hydrogen) atoms. The fraction of sp³-hybridized carbons (Fsp3) is 0.647. The van der Waals surface area contributed by atoms with E-state index >= 15 is 0 Å². The Hall–Kier alpha value is -0.900. The van der Waals surface area contributed by atoms with Gasteiger partial charge >= 0.3 is 0 Å². The van der Waals surface area contributed by atoms with E-state index in [1.165, 1.54) is 5.56 Å². The molecule has 1 aromatic rings. The molecule has 1 aromatic carbocycles. The molecule has 1 aliphatic rings. The standard InChI is InChI=1S/C17H27NO2/c1-14-4-6-15(7-5-14)16(19)8-12-18-11-3-9-17(2,20)10-13-18/h4-7,16,19-20H,3,8-13H2,1-2H3. The third-order valence-electron chi connectivity index (χ3n) is 4.34. The Bertz CT molecular complexity index is 414. The van der Waals surface area contributed by atoms with Crippen LogP contribution in [0, 0.1) is 6.92 Å². The molecule has 112 valence electrons. The van der Waals surface area contributed by atoms with E-state index in [1.54, 1.807) is 0 Å². The van der Waals surface area contributed by atoms with Crippen LogP contribution in [-0.2, 0) is 0 Å². The summed E-state index contributed by atoms with van der Waals surface area (Å²) in [6.45, 7) is 6.83. The summed E-state index contributed by atoms with van der Waals surface area (Å²) in [7, 11) is 0. The van der Waals surface area contributed by atoms with Crippen LogP contribution in [0.5, 0.6) is 0 Å². The van der Waals surface area contributed by atoms with Crippen molar-refractivity contribution in [2.45, 2.75) is 51.2 Å². The van der Waals surface area contributed by atoms with E-state index in [2.05, 4.69) is 11.8 Å². The minimum Gasteiger partial charge on any atom is -0.390 e. The van der Waals surface area contributed by atoms with E-state index in [0.717, 1.165) is 50.9 Å². The molecular formula is C17H27NO2. The molecule has 0 aromatic heterocycles. The highest BCUT2D eigenvalue weighted by Crippen LogP contribution is 2.23. The molecule has 3 nitrogen and oxygen atoms in total. The smallest absolute Gasteiger partial charge is 0.0802 e. The van der Waals surface area contributed by atoms with Crippen LogP contribution in [0.2, 0.25) is 0 Å². The van der Waals surface area contributed by atoms with Gasteiger partial charge in [-0.15, -0.1) is 0 Å². The van der Waals surface area contributed by atoms with Gasteiger partial charge in [-0.1, -0.05) is 29.8 Å². The molecule has 2 unspecified atom stereocenters. The lowest BCUT2D eigenvalue weighted by atomic mass is 9.98. The summed E-state index contributed by atoms with van der Waals surface area (Å²) in [6, 6.07) is 8.10.